The smallest absolute Gasteiger partial charge is 0.264 e. The monoisotopic (exact) mass is 599 g/mol. The number of benzene rings is 3. The number of nitrogens with zero attached hydrogens (tertiary/aromatic N) is 2. The molecule has 0 spiro atoms. The molecule has 0 unspecified atom stereocenters. The van der Waals surface area contributed by atoms with Crippen LogP contribution in [0.4, 0.5) is 5.69 Å². The molecule has 0 saturated carbocycles. The molecular weight excluding hydrogens is 562 g/mol. The maximum atomic E-state index is 14.1. The number of sulfonamides is 1. The molecule has 0 aliphatic heterocycles. The van der Waals surface area contributed by atoms with Crippen LogP contribution in [-0.4, -0.2) is 50.9 Å². The summed E-state index contributed by atoms with van der Waals surface area (Å²) < 4.78 is 34.1. The van der Waals surface area contributed by atoms with Crippen LogP contribution in [0, 0.1) is 6.92 Å². The molecule has 3 aromatic carbocycles. The van der Waals surface area contributed by atoms with Crippen LogP contribution in [0.2, 0.25) is 5.02 Å². The Bertz CT molecular complexity index is 1430. The molecule has 0 saturated heterocycles. The van der Waals surface area contributed by atoms with Gasteiger partial charge in [-0.3, -0.25) is 13.9 Å². The van der Waals surface area contributed by atoms with Gasteiger partial charge in [0.1, 0.15) is 18.3 Å². The van der Waals surface area contributed by atoms with Gasteiger partial charge in [0.05, 0.1) is 17.7 Å². The summed E-state index contributed by atoms with van der Waals surface area (Å²) in [5, 5.41) is 3.30. The van der Waals surface area contributed by atoms with Crippen LogP contribution in [-0.2, 0) is 26.2 Å². The number of rotatable bonds is 13. The predicted octanol–water partition coefficient (Wildman–Crippen LogP) is 5.57. The fourth-order valence-electron chi connectivity index (χ4n) is 4.29. The zero-order valence-corrected chi connectivity index (χ0v) is 25.7. The summed E-state index contributed by atoms with van der Waals surface area (Å²) in [5.41, 5.74) is 1.91. The number of anilines is 1. The van der Waals surface area contributed by atoms with E-state index in [1.54, 1.807) is 49.6 Å². The highest BCUT2D eigenvalue weighted by atomic mass is 35.5. The van der Waals surface area contributed by atoms with Crippen LogP contribution >= 0.6 is 11.6 Å². The zero-order chi connectivity index (χ0) is 30.2. The average molecular weight is 600 g/mol. The first-order valence-corrected chi connectivity index (χ1v) is 15.4. The molecule has 0 fully saturated rings. The van der Waals surface area contributed by atoms with Crippen molar-refractivity contribution in [3.8, 4) is 5.75 Å². The molecule has 0 aliphatic carbocycles. The van der Waals surface area contributed by atoms with E-state index in [1.807, 2.05) is 39.8 Å². The lowest BCUT2D eigenvalue weighted by molar-refractivity contribution is -0.140. The van der Waals surface area contributed by atoms with Crippen molar-refractivity contribution in [2.24, 2.45) is 0 Å². The fraction of sp³-hybridized carbons (Fsp3) is 0.355. The van der Waals surface area contributed by atoms with Gasteiger partial charge < -0.3 is 15.0 Å². The van der Waals surface area contributed by atoms with Crippen molar-refractivity contribution in [1.29, 1.82) is 0 Å². The summed E-state index contributed by atoms with van der Waals surface area (Å²) in [5.74, 6) is -0.161. The molecule has 8 nitrogen and oxygen atoms in total. The number of carbonyl (C=O) groups is 2. The minimum absolute atomic E-state index is 0.0409. The fourth-order valence-corrected chi connectivity index (χ4v) is 5.88. The number of hydrogen-bond donors (Lipinski definition) is 1. The topological polar surface area (TPSA) is 96.0 Å². The van der Waals surface area contributed by atoms with Crippen LogP contribution in [0.5, 0.6) is 5.75 Å². The van der Waals surface area contributed by atoms with Crippen LogP contribution in [0.1, 0.15) is 44.7 Å². The number of aryl methyl sites for hydroxylation is 1. The minimum Gasteiger partial charge on any atom is -0.497 e. The Labute approximate surface area is 248 Å². The lowest BCUT2D eigenvalue weighted by Gasteiger charge is -2.33. The maximum Gasteiger partial charge on any atom is 0.264 e. The van der Waals surface area contributed by atoms with E-state index in [2.05, 4.69) is 5.32 Å². The Morgan fingerprint density at radius 2 is 1.63 bits per heavy atom. The second kappa shape index (κ2) is 14.4. The summed E-state index contributed by atoms with van der Waals surface area (Å²) in [7, 11) is -2.60. The first kappa shape index (κ1) is 32.0. The second-order valence-corrected chi connectivity index (χ2v) is 12.2. The highest BCUT2D eigenvalue weighted by molar-refractivity contribution is 7.92. The Hall–Kier alpha value is -3.56. The number of methoxy groups -OCH3 is 1. The summed E-state index contributed by atoms with van der Waals surface area (Å²) >= 11 is 6.23. The number of amides is 2. The Morgan fingerprint density at radius 1 is 0.976 bits per heavy atom. The minimum atomic E-state index is -4.16. The molecule has 0 aliphatic rings. The van der Waals surface area contributed by atoms with Crippen LogP contribution in [0.25, 0.3) is 0 Å². The molecule has 41 heavy (non-hydrogen) atoms. The third-order valence-electron chi connectivity index (χ3n) is 6.88. The van der Waals surface area contributed by atoms with E-state index in [4.69, 9.17) is 16.3 Å². The van der Waals surface area contributed by atoms with Crippen molar-refractivity contribution < 1.29 is 22.7 Å². The third-order valence-corrected chi connectivity index (χ3v) is 8.91. The quantitative estimate of drug-likeness (QED) is 0.277. The van der Waals surface area contributed by atoms with Crippen molar-refractivity contribution >= 4 is 39.1 Å². The molecule has 1 N–H and O–H groups in total. The summed E-state index contributed by atoms with van der Waals surface area (Å²) in [6, 6.07) is 19.1. The molecule has 0 heterocycles. The molecule has 220 valence electrons. The highest BCUT2D eigenvalue weighted by Gasteiger charge is 2.34. The van der Waals surface area contributed by atoms with Crippen LogP contribution in [0.15, 0.2) is 77.7 Å². The molecule has 0 bridgehead atoms. The lowest BCUT2D eigenvalue weighted by atomic mass is 10.1. The Balaban J connectivity index is 2.05. The zero-order valence-electron chi connectivity index (χ0n) is 24.1. The Morgan fingerprint density at radius 3 is 2.20 bits per heavy atom. The van der Waals surface area contributed by atoms with Gasteiger partial charge in [-0.15, -0.1) is 0 Å². The molecular formula is C31H38ClN3O5S. The first-order valence-electron chi connectivity index (χ1n) is 13.6. The van der Waals surface area contributed by atoms with Crippen LogP contribution < -0.4 is 14.4 Å². The second-order valence-electron chi connectivity index (χ2n) is 9.92. The Kier molecular flexibility index (Phi) is 11.2. The summed E-state index contributed by atoms with van der Waals surface area (Å²) in [4.78, 5) is 29.0. The van der Waals surface area contributed by atoms with Gasteiger partial charge in [0.25, 0.3) is 10.0 Å². The van der Waals surface area contributed by atoms with Crippen molar-refractivity contribution in [2.75, 3.05) is 18.0 Å². The maximum absolute atomic E-state index is 14.1. The first-order chi connectivity index (χ1) is 19.5. The number of nitrogens with one attached hydrogen (secondary N) is 1. The van der Waals surface area contributed by atoms with Gasteiger partial charge in [-0.2, -0.15) is 0 Å². The summed E-state index contributed by atoms with van der Waals surface area (Å²) in [6.45, 7) is 7.12. The molecule has 0 aromatic heterocycles. The van der Waals surface area contributed by atoms with Gasteiger partial charge in [-0.1, -0.05) is 61.3 Å². The van der Waals surface area contributed by atoms with Gasteiger partial charge in [0.2, 0.25) is 11.8 Å². The highest BCUT2D eigenvalue weighted by Crippen LogP contribution is 2.27. The van der Waals surface area contributed by atoms with E-state index in [1.165, 1.54) is 23.1 Å². The van der Waals surface area contributed by atoms with E-state index in [-0.39, 0.29) is 29.1 Å². The lowest BCUT2D eigenvalue weighted by Crippen LogP contribution is -2.53. The van der Waals surface area contributed by atoms with E-state index < -0.39 is 28.5 Å². The van der Waals surface area contributed by atoms with Gasteiger partial charge in [-0.25, -0.2) is 8.42 Å². The number of hydrogen-bond acceptors (Lipinski definition) is 5. The third kappa shape index (κ3) is 8.24. The van der Waals surface area contributed by atoms with E-state index in [0.717, 1.165) is 21.9 Å². The van der Waals surface area contributed by atoms with Crippen molar-refractivity contribution in [3.63, 3.8) is 0 Å². The molecule has 3 aromatic rings. The molecule has 0 radical (unpaired) electrons. The van der Waals surface area contributed by atoms with Gasteiger partial charge in [0.15, 0.2) is 0 Å². The van der Waals surface area contributed by atoms with Gasteiger partial charge >= 0.3 is 0 Å². The predicted molar refractivity (Wildman–Crippen MR) is 163 cm³/mol. The van der Waals surface area contributed by atoms with Gasteiger partial charge in [-0.05, 0) is 74.7 Å². The van der Waals surface area contributed by atoms with Crippen molar-refractivity contribution in [1.82, 2.24) is 10.2 Å². The van der Waals surface area contributed by atoms with E-state index >= 15 is 0 Å². The molecule has 2 atom stereocenters. The summed E-state index contributed by atoms with van der Waals surface area (Å²) in [6.07, 6.45) is 1.07. The van der Waals surface area contributed by atoms with Crippen molar-refractivity contribution in [2.45, 2.75) is 64.1 Å². The van der Waals surface area contributed by atoms with E-state index in [0.29, 0.717) is 17.2 Å². The number of ether oxygens (including phenoxy) is 1. The number of carbonyl (C=O) groups excluding carboxylic acids is 2. The van der Waals surface area contributed by atoms with Gasteiger partial charge in [0, 0.05) is 17.6 Å². The molecule has 3 rings (SSSR count). The largest absolute Gasteiger partial charge is 0.497 e. The van der Waals surface area contributed by atoms with Crippen molar-refractivity contribution in [3.05, 3.63) is 88.9 Å². The normalized spacial score (nSPS) is 12.7. The average Bonchev–Trinajstić information content (AvgIpc) is 2.96. The molecule has 10 heteroatoms. The van der Waals surface area contributed by atoms with E-state index in [9.17, 15) is 18.0 Å². The number of halogens is 1. The van der Waals surface area contributed by atoms with Crippen LogP contribution in [0.3, 0.4) is 0 Å². The molecule has 2 amide bonds. The SMILES string of the molecule is CC[C@@H](C)NC(=O)[C@@H](CC)N(Cc1ccc(OC)cc1)C(=O)CN(c1cccc(Cl)c1)S(=O)(=O)c1ccc(C)cc1. The standard InChI is InChI=1S/C31H38ClN3O5S/c1-6-23(4)33-31(37)29(7-2)34(20-24-13-15-27(40-5)16-14-24)30(36)21-35(26-10-8-9-25(32)19-26)41(38,39)28-17-11-22(3)12-18-28/h8-19,23,29H,6-7,20-21H2,1-5H3,(H,33,37)/t23-,29-/m1/s1.